The lowest BCUT2D eigenvalue weighted by atomic mass is 10.2. The number of nitro benzene ring substituents is 1. The Hall–Kier alpha value is -3.09. The van der Waals surface area contributed by atoms with Gasteiger partial charge in [0.1, 0.15) is 11.5 Å². The molecule has 0 heterocycles. The number of para-hydroxylation sites is 2. The zero-order valence-corrected chi connectivity index (χ0v) is 13.4. The summed E-state index contributed by atoms with van der Waals surface area (Å²) in [5.41, 5.74) is 0.522. The van der Waals surface area contributed by atoms with Crippen LogP contribution in [0.1, 0.15) is 13.8 Å². The zero-order valence-electron chi connectivity index (χ0n) is 13.4. The summed E-state index contributed by atoms with van der Waals surface area (Å²) >= 11 is 0. The van der Waals surface area contributed by atoms with E-state index >= 15 is 0 Å². The van der Waals surface area contributed by atoms with Crippen LogP contribution in [0, 0.1) is 10.1 Å². The lowest BCUT2D eigenvalue weighted by molar-refractivity contribution is -0.384. The van der Waals surface area contributed by atoms with Gasteiger partial charge in [-0.2, -0.15) is 0 Å². The third-order valence-corrected chi connectivity index (χ3v) is 3.17. The number of carbonyl (C=O) groups excluding carboxylic acids is 1. The Morgan fingerprint density at radius 1 is 1.21 bits per heavy atom. The number of nitrogens with one attached hydrogen (secondary N) is 1. The van der Waals surface area contributed by atoms with Gasteiger partial charge in [0.15, 0.2) is 6.10 Å². The molecular weight excluding hydrogens is 312 g/mol. The molecule has 1 atom stereocenters. The molecule has 0 saturated carbocycles. The number of ether oxygens (including phenoxy) is 2. The summed E-state index contributed by atoms with van der Waals surface area (Å²) in [6.07, 6.45) is -0.777. The lowest BCUT2D eigenvalue weighted by Gasteiger charge is -2.16. The number of hydrogen-bond acceptors (Lipinski definition) is 5. The molecule has 0 fully saturated rings. The van der Waals surface area contributed by atoms with Gasteiger partial charge < -0.3 is 14.8 Å². The molecule has 7 nitrogen and oxygen atoms in total. The molecule has 0 radical (unpaired) electrons. The van der Waals surface area contributed by atoms with Gasteiger partial charge in [-0.15, -0.1) is 0 Å². The van der Waals surface area contributed by atoms with Gasteiger partial charge >= 0.3 is 0 Å². The van der Waals surface area contributed by atoms with Crippen LogP contribution in [0.5, 0.6) is 11.5 Å². The molecule has 7 heteroatoms. The summed E-state index contributed by atoms with van der Waals surface area (Å²) in [5, 5.41) is 13.4. The predicted octanol–water partition coefficient (Wildman–Crippen LogP) is 3.40. The third kappa shape index (κ3) is 4.45. The first-order chi connectivity index (χ1) is 11.5. The fraction of sp³-hybridized carbons (Fsp3) is 0.235. The first-order valence-electron chi connectivity index (χ1n) is 7.45. The van der Waals surface area contributed by atoms with Gasteiger partial charge in [-0.3, -0.25) is 14.9 Å². The molecule has 1 amide bonds. The SMILES string of the molecule is CCOc1ccccc1NC(=O)C(C)Oc1ccc([N+](=O)[O-])cc1. The third-order valence-electron chi connectivity index (χ3n) is 3.17. The van der Waals surface area contributed by atoms with Crippen molar-refractivity contribution < 1.29 is 19.2 Å². The summed E-state index contributed by atoms with van der Waals surface area (Å²) in [7, 11) is 0. The Morgan fingerprint density at radius 2 is 1.88 bits per heavy atom. The van der Waals surface area contributed by atoms with Gasteiger partial charge in [-0.05, 0) is 38.1 Å². The molecule has 1 unspecified atom stereocenters. The Kier molecular flexibility index (Phi) is 5.73. The van der Waals surface area contributed by atoms with Crippen molar-refractivity contribution in [2.45, 2.75) is 20.0 Å². The summed E-state index contributed by atoms with van der Waals surface area (Å²) in [4.78, 5) is 22.4. The maximum atomic E-state index is 12.2. The molecule has 24 heavy (non-hydrogen) atoms. The number of hydrogen-bond donors (Lipinski definition) is 1. The van der Waals surface area contributed by atoms with Crippen molar-refractivity contribution in [1.29, 1.82) is 0 Å². The molecule has 126 valence electrons. The summed E-state index contributed by atoms with van der Waals surface area (Å²) < 4.78 is 11.0. The van der Waals surface area contributed by atoms with Crippen molar-refractivity contribution in [3.63, 3.8) is 0 Å². The van der Waals surface area contributed by atoms with Gasteiger partial charge in [0.2, 0.25) is 0 Å². The van der Waals surface area contributed by atoms with Crippen molar-refractivity contribution in [3.05, 3.63) is 58.6 Å². The fourth-order valence-corrected chi connectivity index (χ4v) is 1.99. The highest BCUT2D eigenvalue weighted by molar-refractivity contribution is 5.95. The molecule has 2 aromatic rings. The molecule has 2 rings (SSSR count). The molecule has 0 aliphatic rings. The molecular formula is C17H18N2O5. The molecule has 2 aromatic carbocycles. The van der Waals surface area contributed by atoms with Crippen molar-refractivity contribution in [1.82, 2.24) is 0 Å². The van der Waals surface area contributed by atoms with Crippen LogP contribution in [-0.4, -0.2) is 23.5 Å². The van der Waals surface area contributed by atoms with Crippen molar-refractivity contribution in [2.24, 2.45) is 0 Å². The van der Waals surface area contributed by atoms with Crippen molar-refractivity contribution in [3.8, 4) is 11.5 Å². The maximum Gasteiger partial charge on any atom is 0.269 e. The molecule has 1 N–H and O–H groups in total. The van der Waals surface area contributed by atoms with Crippen molar-refractivity contribution in [2.75, 3.05) is 11.9 Å². The topological polar surface area (TPSA) is 90.7 Å². The molecule has 0 aliphatic carbocycles. The van der Waals surface area contributed by atoms with Crippen LogP contribution in [0.4, 0.5) is 11.4 Å². The predicted molar refractivity (Wildman–Crippen MR) is 89.4 cm³/mol. The average Bonchev–Trinajstić information content (AvgIpc) is 2.57. The van der Waals surface area contributed by atoms with Crippen LogP contribution in [-0.2, 0) is 4.79 Å². The number of amides is 1. The smallest absolute Gasteiger partial charge is 0.269 e. The van der Waals surface area contributed by atoms with Crippen LogP contribution < -0.4 is 14.8 Å². The van der Waals surface area contributed by atoms with E-state index < -0.39 is 11.0 Å². The largest absolute Gasteiger partial charge is 0.492 e. The second kappa shape index (κ2) is 7.96. The minimum Gasteiger partial charge on any atom is -0.492 e. The van der Waals surface area contributed by atoms with E-state index in [1.54, 1.807) is 25.1 Å². The molecule has 0 saturated heterocycles. The minimum atomic E-state index is -0.777. The number of anilines is 1. The maximum absolute atomic E-state index is 12.2. The van der Waals surface area contributed by atoms with Gasteiger partial charge in [0.05, 0.1) is 17.2 Å². The quantitative estimate of drug-likeness (QED) is 0.620. The van der Waals surface area contributed by atoms with E-state index in [9.17, 15) is 14.9 Å². The Balaban J connectivity index is 2.01. The van der Waals surface area contributed by atoms with E-state index in [1.807, 2.05) is 13.0 Å². The average molecular weight is 330 g/mol. The van der Waals surface area contributed by atoms with Gasteiger partial charge in [0.25, 0.3) is 11.6 Å². The summed E-state index contributed by atoms with van der Waals surface area (Å²) in [6.45, 7) is 3.95. The van der Waals surface area contributed by atoms with E-state index in [0.29, 0.717) is 23.8 Å². The number of nitrogens with zero attached hydrogens (tertiary/aromatic N) is 1. The van der Waals surface area contributed by atoms with Crippen LogP contribution >= 0.6 is 0 Å². The van der Waals surface area contributed by atoms with E-state index in [2.05, 4.69) is 5.32 Å². The minimum absolute atomic E-state index is 0.0369. The van der Waals surface area contributed by atoms with Gasteiger partial charge in [-0.25, -0.2) is 0 Å². The van der Waals surface area contributed by atoms with E-state index in [4.69, 9.17) is 9.47 Å². The second-order valence-corrected chi connectivity index (χ2v) is 4.93. The number of non-ortho nitro benzene ring substituents is 1. The zero-order chi connectivity index (χ0) is 17.5. The monoisotopic (exact) mass is 330 g/mol. The Bertz CT molecular complexity index is 715. The van der Waals surface area contributed by atoms with Crippen molar-refractivity contribution >= 4 is 17.3 Å². The molecule has 0 bridgehead atoms. The van der Waals surface area contributed by atoms with E-state index in [1.165, 1.54) is 24.3 Å². The van der Waals surface area contributed by atoms with E-state index in [0.717, 1.165) is 0 Å². The van der Waals surface area contributed by atoms with Gasteiger partial charge in [-0.1, -0.05) is 12.1 Å². The summed E-state index contributed by atoms with van der Waals surface area (Å²) in [5.74, 6) is 0.609. The lowest BCUT2D eigenvalue weighted by Crippen LogP contribution is -2.30. The van der Waals surface area contributed by atoms with Crippen LogP contribution in [0.15, 0.2) is 48.5 Å². The first-order valence-corrected chi connectivity index (χ1v) is 7.45. The second-order valence-electron chi connectivity index (χ2n) is 4.93. The Labute approximate surface area is 139 Å². The fourth-order valence-electron chi connectivity index (χ4n) is 1.99. The number of carbonyl (C=O) groups is 1. The highest BCUT2D eigenvalue weighted by Gasteiger charge is 2.17. The van der Waals surface area contributed by atoms with E-state index in [-0.39, 0.29) is 11.6 Å². The van der Waals surface area contributed by atoms with Gasteiger partial charge in [0, 0.05) is 12.1 Å². The number of benzene rings is 2. The van der Waals surface area contributed by atoms with Crippen LogP contribution in [0.3, 0.4) is 0 Å². The summed E-state index contributed by atoms with van der Waals surface area (Å²) in [6, 6.07) is 12.7. The molecule has 0 spiro atoms. The van der Waals surface area contributed by atoms with Crippen LogP contribution in [0.2, 0.25) is 0 Å². The normalized spacial score (nSPS) is 11.4. The van der Waals surface area contributed by atoms with Crippen LogP contribution in [0.25, 0.3) is 0 Å². The Morgan fingerprint density at radius 3 is 2.50 bits per heavy atom. The molecule has 0 aromatic heterocycles. The highest BCUT2D eigenvalue weighted by atomic mass is 16.6. The first kappa shape index (κ1) is 17.3. The number of nitro groups is 1. The standard InChI is InChI=1S/C17H18N2O5/c1-3-23-16-7-5-4-6-15(16)18-17(20)12(2)24-14-10-8-13(9-11-14)19(21)22/h4-12H,3H2,1-2H3,(H,18,20). The number of rotatable bonds is 7. The molecule has 0 aliphatic heterocycles. The highest BCUT2D eigenvalue weighted by Crippen LogP contribution is 2.24.